The minimum absolute atomic E-state index is 0.829. The molecule has 22 heavy (non-hydrogen) atoms. The molecule has 0 aromatic heterocycles. The highest BCUT2D eigenvalue weighted by molar-refractivity contribution is 5.26. The molecule has 4 unspecified atom stereocenters. The number of hydrogen-bond donors (Lipinski definition) is 0. The van der Waals surface area contributed by atoms with Crippen LogP contribution in [0.2, 0.25) is 0 Å². The van der Waals surface area contributed by atoms with Crippen molar-refractivity contribution in [2.75, 3.05) is 0 Å². The van der Waals surface area contributed by atoms with Crippen molar-refractivity contribution >= 4 is 0 Å². The second-order valence-electron chi connectivity index (χ2n) is 7.62. The zero-order chi connectivity index (χ0) is 15.4. The van der Waals surface area contributed by atoms with Crippen LogP contribution < -0.4 is 0 Å². The molecule has 0 N–H and O–H groups in total. The fourth-order valence-corrected chi connectivity index (χ4v) is 4.92. The SMILES string of the molecule is C/C=C/C1CCC2CC(c3ccc(CCC)cc3)CCC2C1. The molecule has 1 aromatic rings. The molecule has 0 nitrogen and oxygen atoms in total. The zero-order valence-corrected chi connectivity index (χ0v) is 14.4. The predicted molar refractivity (Wildman–Crippen MR) is 96.2 cm³/mol. The van der Waals surface area contributed by atoms with Gasteiger partial charge in [0.15, 0.2) is 0 Å². The standard InChI is InChI=1S/C22H32/c1-3-5-17-7-10-19(11-8-17)21-14-13-20-15-18(6-4-2)9-12-22(20)16-21/h4,6-8,10-11,18,20-22H,3,5,9,12-16H2,1-2H3/b6-4+. The lowest BCUT2D eigenvalue weighted by Gasteiger charge is -2.41. The van der Waals surface area contributed by atoms with Crippen LogP contribution in [0.5, 0.6) is 0 Å². The Morgan fingerprint density at radius 1 is 0.955 bits per heavy atom. The van der Waals surface area contributed by atoms with Crippen molar-refractivity contribution in [3.63, 3.8) is 0 Å². The van der Waals surface area contributed by atoms with E-state index in [1.807, 2.05) is 0 Å². The summed E-state index contributed by atoms with van der Waals surface area (Å²) in [5.41, 5.74) is 3.11. The average Bonchev–Trinajstić information content (AvgIpc) is 2.56. The topological polar surface area (TPSA) is 0 Å². The van der Waals surface area contributed by atoms with Gasteiger partial charge in [-0.15, -0.1) is 0 Å². The van der Waals surface area contributed by atoms with Crippen molar-refractivity contribution < 1.29 is 0 Å². The van der Waals surface area contributed by atoms with Gasteiger partial charge in [-0.3, -0.25) is 0 Å². The van der Waals surface area contributed by atoms with Gasteiger partial charge in [0.2, 0.25) is 0 Å². The Morgan fingerprint density at radius 2 is 1.68 bits per heavy atom. The number of hydrogen-bond acceptors (Lipinski definition) is 0. The number of fused-ring (bicyclic) bond motifs is 1. The van der Waals surface area contributed by atoms with Gasteiger partial charge in [0.05, 0.1) is 0 Å². The lowest BCUT2D eigenvalue weighted by molar-refractivity contribution is 0.133. The molecular formula is C22H32. The maximum absolute atomic E-state index is 2.45. The molecule has 0 heterocycles. The first-order chi connectivity index (χ1) is 10.8. The monoisotopic (exact) mass is 296 g/mol. The van der Waals surface area contributed by atoms with Gasteiger partial charge < -0.3 is 0 Å². The Bertz CT molecular complexity index is 481. The molecule has 2 aliphatic carbocycles. The van der Waals surface area contributed by atoms with Crippen LogP contribution in [0, 0.1) is 17.8 Å². The van der Waals surface area contributed by atoms with Gasteiger partial charge in [-0.2, -0.15) is 0 Å². The van der Waals surface area contributed by atoms with Gasteiger partial charge in [0.25, 0.3) is 0 Å². The minimum Gasteiger partial charge on any atom is -0.0914 e. The Hall–Kier alpha value is -1.04. The third-order valence-corrected chi connectivity index (χ3v) is 6.11. The van der Waals surface area contributed by atoms with E-state index in [2.05, 4.69) is 50.3 Å². The van der Waals surface area contributed by atoms with E-state index in [0.717, 1.165) is 23.7 Å². The van der Waals surface area contributed by atoms with Crippen LogP contribution in [0.15, 0.2) is 36.4 Å². The molecule has 2 fully saturated rings. The summed E-state index contributed by atoms with van der Waals surface area (Å²) in [4.78, 5) is 0. The molecule has 0 saturated heterocycles. The molecule has 3 rings (SSSR count). The average molecular weight is 296 g/mol. The van der Waals surface area contributed by atoms with Crippen molar-refractivity contribution in [2.24, 2.45) is 17.8 Å². The molecular weight excluding hydrogens is 264 g/mol. The Kier molecular flexibility index (Phi) is 5.39. The first-order valence-electron chi connectivity index (χ1n) is 9.51. The second kappa shape index (κ2) is 7.49. The van der Waals surface area contributed by atoms with Crippen LogP contribution in [0.25, 0.3) is 0 Å². The molecule has 2 aliphatic rings. The van der Waals surface area contributed by atoms with Crippen LogP contribution in [0.4, 0.5) is 0 Å². The molecule has 0 bridgehead atoms. The Labute approximate surface area is 137 Å². The third-order valence-electron chi connectivity index (χ3n) is 6.11. The number of rotatable bonds is 4. The third kappa shape index (κ3) is 3.65. The molecule has 2 saturated carbocycles. The quantitative estimate of drug-likeness (QED) is 0.555. The van der Waals surface area contributed by atoms with Crippen LogP contribution in [-0.4, -0.2) is 0 Å². The van der Waals surface area contributed by atoms with E-state index in [9.17, 15) is 0 Å². The lowest BCUT2D eigenvalue weighted by Crippen LogP contribution is -2.30. The molecule has 0 aliphatic heterocycles. The van der Waals surface area contributed by atoms with Crippen LogP contribution in [-0.2, 0) is 6.42 Å². The maximum atomic E-state index is 2.45. The van der Waals surface area contributed by atoms with Gasteiger partial charge in [-0.05, 0) is 86.7 Å². The summed E-state index contributed by atoms with van der Waals surface area (Å²) in [6, 6.07) is 9.57. The van der Waals surface area contributed by atoms with Gasteiger partial charge in [0, 0.05) is 0 Å². The van der Waals surface area contributed by atoms with Gasteiger partial charge in [-0.25, -0.2) is 0 Å². The highest BCUT2D eigenvalue weighted by atomic mass is 14.4. The molecule has 0 heteroatoms. The fraction of sp³-hybridized carbons (Fsp3) is 0.636. The first-order valence-corrected chi connectivity index (χ1v) is 9.51. The van der Waals surface area contributed by atoms with Crippen LogP contribution in [0.1, 0.15) is 75.8 Å². The normalized spacial score (nSPS) is 32.1. The number of benzene rings is 1. The molecule has 1 aromatic carbocycles. The number of aryl methyl sites for hydroxylation is 1. The lowest BCUT2D eigenvalue weighted by atomic mass is 9.64. The second-order valence-corrected chi connectivity index (χ2v) is 7.62. The smallest absolute Gasteiger partial charge is 0.0159 e. The summed E-state index contributed by atoms with van der Waals surface area (Å²) in [6.07, 6.45) is 15.8. The van der Waals surface area contributed by atoms with Crippen molar-refractivity contribution in [1.82, 2.24) is 0 Å². The largest absolute Gasteiger partial charge is 0.0914 e. The highest BCUT2D eigenvalue weighted by Crippen LogP contribution is 2.47. The van der Waals surface area contributed by atoms with E-state index in [4.69, 9.17) is 0 Å². The zero-order valence-electron chi connectivity index (χ0n) is 14.4. The van der Waals surface area contributed by atoms with E-state index >= 15 is 0 Å². The summed E-state index contributed by atoms with van der Waals surface area (Å²) in [6.45, 7) is 4.43. The van der Waals surface area contributed by atoms with E-state index in [0.29, 0.717) is 0 Å². The summed E-state index contributed by atoms with van der Waals surface area (Å²) >= 11 is 0. The Morgan fingerprint density at radius 3 is 2.41 bits per heavy atom. The van der Waals surface area contributed by atoms with Gasteiger partial charge in [-0.1, -0.05) is 49.8 Å². The predicted octanol–water partition coefficient (Wildman–Crippen LogP) is 6.52. The summed E-state index contributed by atoms with van der Waals surface area (Å²) < 4.78 is 0. The summed E-state index contributed by atoms with van der Waals surface area (Å²) in [5.74, 6) is 3.70. The van der Waals surface area contributed by atoms with Gasteiger partial charge >= 0.3 is 0 Å². The van der Waals surface area contributed by atoms with Crippen molar-refractivity contribution in [3.8, 4) is 0 Å². The summed E-state index contributed by atoms with van der Waals surface area (Å²) in [5, 5.41) is 0. The molecule has 4 atom stereocenters. The van der Waals surface area contributed by atoms with Crippen LogP contribution in [0.3, 0.4) is 0 Å². The first kappa shape index (κ1) is 15.8. The fourth-order valence-electron chi connectivity index (χ4n) is 4.92. The van der Waals surface area contributed by atoms with Crippen molar-refractivity contribution in [3.05, 3.63) is 47.5 Å². The van der Waals surface area contributed by atoms with E-state index in [-0.39, 0.29) is 0 Å². The van der Waals surface area contributed by atoms with Crippen LogP contribution >= 0.6 is 0 Å². The maximum Gasteiger partial charge on any atom is -0.0159 e. The molecule has 120 valence electrons. The Balaban J connectivity index is 1.60. The van der Waals surface area contributed by atoms with Crippen molar-refractivity contribution in [2.45, 2.75) is 71.1 Å². The molecule has 0 amide bonds. The molecule has 0 spiro atoms. The number of allylic oxidation sites excluding steroid dienone is 2. The highest BCUT2D eigenvalue weighted by Gasteiger charge is 2.35. The summed E-state index contributed by atoms with van der Waals surface area (Å²) in [7, 11) is 0. The minimum atomic E-state index is 0.829. The van der Waals surface area contributed by atoms with E-state index in [1.165, 1.54) is 56.9 Å². The molecule has 0 radical (unpaired) electrons. The van der Waals surface area contributed by atoms with E-state index < -0.39 is 0 Å². The van der Waals surface area contributed by atoms with Gasteiger partial charge in [0.1, 0.15) is 0 Å². The van der Waals surface area contributed by atoms with E-state index in [1.54, 1.807) is 5.56 Å². The van der Waals surface area contributed by atoms with Crippen molar-refractivity contribution in [1.29, 1.82) is 0 Å².